The summed E-state index contributed by atoms with van der Waals surface area (Å²) in [5.41, 5.74) is 6.92. The molecular formula is C15H22N2O2. The second kappa shape index (κ2) is 6.57. The van der Waals surface area contributed by atoms with Crippen LogP contribution < -0.4 is 15.8 Å². The number of ether oxygens (including phenoxy) is 1. The zero-order valence-electron chi connectivity index (χ0n) is 11.4. The Kier molecular flexibility index (Phi) is 4.80. The van der Waals surface area contributed by atoms with Gasteiger partial charge < -0.3 is 15.8 Å². The maximum atomic E-state index is 11.5. The first-order valence-electron chi connectivity index (χ1n) is 6.87. The van der Waals surface area contributed by atoms with Crippen LogP contribution in [0.1, 0.15) is 25.3 Å². The Labute approximate surface area is 114 Å². The minimum absolute atomic E-state index is 0.0495. The lowest BCUT2D eigenvalue weighted by Crippen LogP contribution is -2.30. The molecule has 1 amide bonds. The Hall–Kier alpha value is -1.55. The van der Waals surface area contributed by atoms with E-state index in [1.54, 1.807) is 0 Å². The average molecular weight is 262 g/mol. The summed E-state index contributed by atoms with van der Waals surface area (Å²) in [5, 5.41) is 2.87. The van der Waals surface area contributed by atoms with E-state index in [9.17, 15) is 4.79 Å². The molecule has 1 aromatic carbocycles. The number of amides is 1. The molecule has 19 heavy (non-hydrogen) atoms. The summed E-state index contributed by atoms with van der Waals surface area (Å²) in [6, 6.07) is 7.89. The van der Waals surface area contributed by atoms with Gasteiger partial charge in [-0.1, -0.05) is 12.1 Å². The lowest BCUT2D eigenvalue weighted by Gasteiger charge is -2.09. The van der Waals surface area contributed by atoms with Gasteiger partial charge in [0.2, 0.25) is 0 Å². The number of carbonyl (C=O) groups is 1. The van der Waals surface area contributed by atoms with Gasteiger partial charge in [0, 0.05) is 12.6 Å². The van der Waals surface area contributed by atoms with Crippen molar-refractivity contribution in [2.24, 2.45) is 11.7 Å². The van der Waals surface area contributed by atoms with Crippen molar-refractivity contribution in [3.63, 3.8) is 0 Å². The molecule has 0 saturated heterocycles. The fourth-order valence-corrected chi connectivity index (χ4v) is 1.87. The van der Waals surface area contributed by atoms with E-state index < -0.39 is 0 Å². The van der Waals surface area contributed by atoms with Gasteiger partial charge in [-0.2, -0.15) is 0 Å². The Morgan fingerprint density at radius 2 is 2.11 bits per heavy atom. The highest BCUT2D eigenvalue weighted by Gasteiger charge is 2.21. The van der Waals surface area contributed by atoms with Gasteiger partial charge in [0.1, 0.15) is 5.75 Å². The summed E-state index contributed by atoms with van der Waals surface area (Å²) < 4.78 is 5.44. The molecule has 1 fully saturated rings. The molecule has 0 bridgehead atoms. The van der Waals surface area contributed by atoms with Crippen LogP contribution in [0.15, 0.2) is 24.3 Å². The van der Waals surface area contributed by atoms with Gasteiger partial charge in [-0.05, 0) is 49.8 Å². The second-order valence-corrected chi connectivity index (χ2v) is 5.36. The molecule has 104 valence electrons. The summed E-state index contributed by atoms with van der Waals surface area (Å²) in [4.78, 5) is 11.5. The van der Waals surface area contributed by atoms with Crippen LogP contribution in [0.4, 0.5) is 0 Å². The van der Waals surface area contributed by atoms with Crippen molar-refractivity contribution >= 4 is 5.91 Å². The molecule has 2 rings (SSSR count). The van der Waals surface area contributed by atoms with Crippen LogP contribution in [0.2, 0.25) is 0 Å². The Bertz CT molecular complexity index is 411. The highest BCUT2D eigenvalue weighted by Crippen LogP contribution is 2.27. The van der Waals surface area contributed by atoms with E-state index in [1.807, 2.05) is 31.2 Å². The number of hydrogen-bond acceptors (Lipinski definition) is 3. The third-order valence-electron chi connectivity index (χ3n) is 3.14. The Morgan fingerprint density at radius 1 is 1.42 bits per heavy atom. The Balaban J connectivity index is 1.70. The number of benzene rings is 1. The van der Waals surface area contributed by atoms with Crippen molar-refractivity contribution in [1.82, 2.24) is 5.32 Å². The van der Waals surface area contributed by atoms with E-state index in [1.165, 1.54) is 18.4 Å². The summed E-state index contributed by atoms with van der Waals surface area (Å²) in [7, 11) is 0. The SMILES string of the molecule is CC(N)Cc1ccc(OCC(=O)NCC2CC2)cc1. The van der Waals surface area contributed by atoms with E-state index >= 15 is 0 Å². The largest absolute Gasteiger partial charge is 0.484 e. The maximum absolute atomic E-state index is 11.5. The molecule has 0 heterocycles. The minimum Gasteiger partial charge on any atom is -0.484 e. The molecule has 1 aliphatic rings. The summed E-state index contributed by atoms with van der Waals surface area (Å²) in [5.74, 6) is 1.36. The molecule has 1 saturated carbocycles. The minimum atomic E-state index is -0.0495. The quantitative estimate of drug-likeness (QED) is 0.782. The predicted octanol–water partition coefficient (Wildman–Crippen LogP) is 1.48. The van der Waals surface area contributed by atoms with Gasteiger partial charge in [0.15, 0.2) is 6.61 Å². The average Bonchev–Trinajstić information content (AvgIpc) is 3.19. The van der Waals surface area contributed by atoms with Gasteiger partial charge >= 0.3 is 0 Å². The van der Waals surface area contributed by atoms with Gasteiger partial charge in [0.25, 0.3) is 5.91 Å². The fraction of sp³-hybridized carbons (Fsp3) is 0.533. The molecule has 0 aliphatic heterocycles. The Morgan fingerprint density at radius 3 is 2.68 bits per heavy atom. The van der Waals surface area contributed by atoms with Crippen molar-refractivity contribution in [1.29, 1.82) is 0 Å². The standard InChI is InChI=1S/C15H22N2O2/c1-11(16)8-12-4-6-14(7-5-12)19-10-15(18)17-9-13-2-3-13/h4-7,11,13H,2-3,8-10,16H2,1H3,(H,17,18). The molecule has 1 aliphatic carbocycles. The zero-order valence-corrected chi connectivity index (χ0v) is 11.4. The third-order valence-corrected chi connectivity index (χ3v) is 3.14. The van der Waals surface area contributed by atoms with Crippen molar-refractivity contribution in [3.05, 3.63) is 29.8 Å². The molecule has 1 atom stereocenters. The van der Waals surface area contributed by atoms with Crippen LogP contribution in [-0.2, 0) is 11.2 Å². The van der Waals surface area contributed by atoms with E-state index in [4.69, 9.17) is 10.5 Å². The molecule has 1 aromatic rings. The van der Waals surface area contributed by atoms with E-state index in [0.717, 1.165) is 18.7 Å². The molecule has 0 aromatic heterocycles. The van der Waals surface area contributed by atoms with Crippen LogP contribution in [0, 0.1) is 5.92 Å². The van der Waals surface area contributed by atoms with Crippen molar-refractivity contribution < 1.29 is 9.53 Å². The van der Waals surface area contributed by atoms with Crippen LogP contribution >= 0.6 is 0 Å². The molecular weight excluding hydrogens is 240 g/mol. The number of rotatable bonds is 7. The van der Waals surface area contributed by atoms with Crippen LogP contribution in [0.5, 0.6) is 5.75 Å². The number of nitrogens with one attached hydrogen (secondary N) is 1. The van der Waals surface area contributed by atoms with E-state index in [-0.39, 0.29) is 18.6 Å². The van der Waals surface area contributed by atoms with Crippen molar-refractivity contribution in [2.45, 2.75) is 32.2 Å². The molecule has 3 N–H and O–H groups in total. The lowest BCUT2D eigenvalue weighted by atomic mass is 10.1. The first-order chi connectivity index (χ1) is 9.13. The van der Waals surface area contributed by atoms with Crippen molar-refractivity contribution in [2.75, 3.05) is 13.2 Å². The van der Waals surface area contributed by atoms with E-state index in [0.29, 0.717) is 5.92 Å². The highest BCUT2D eigenvalue weighted by molar-refractivity contribution is 5.77. The first-order valence-corrected chi connectivity index (χ1v) is 6.87. The first kappa shape index (κ1) is 13.9. The smallest absolute Gasteiger partial charge is 0.257 e. The summed E-state index contributed by atoms with van der Waals surface area (Å²) >= 11 is 0. The monoisotopic (exact) mass is 262 g/mol. The predicted molar refractivity (Wildman–Crippen MR) is 75.0 cm³/mol. The van der Waals surface area contributed by atoms with Crippen molar-refractivity contribution in [3.8, 4) is 5.75 Å². The highest BCUT2D eigenvalue weighted by atomic mass is 16.5. The number of nitrogens with two attached hydrogens (primary N) is 1. The fourth-order valence-electron chi connectivity index (χ4n) is 1.87. The maximum Gasteiger partial charge on any atom is 0.257 e. The summed E-state index contributed by atoms with van der Waals surface area (Å²) in [6.45, 7) is 2.85. The van der Waals surface area contributed by atoms with Gasteiger partial charge in [0.05, 0.1) is 0 Å². The molecule has 4 heteroatoms. The van der Waals surface area contributed by atoms with Crippen LogP contribution in [0.25, 0.3) is 0 Å². The number of hydrogen-bond donors (Lipinski definition) is 2. The molecule has 1 unspecified atom stereocenters. The third kappa shape index (κ3) is 5.30. The zero-order chi connectivity index (χ0) is 13.7. The second-order valence-electron chi connectivity index (χ2n) is 5.36. The lowest BCUT2D eigenvalue weighted by molar-refractivity contribution is -0.123. The van der Waals surface area contributed by atoms with Gasteiger partial charge in [-0.3, -0.25) is 4.79 Å². The molecule has 4 nitrogen and oxygen atoms in total. The number of carbonyl (C=O) groups excluding carboxylic acids is 1. The molecule has 0 radical (unpaired) electrons. The summed E-state index contributed by atoms with van der Waals surface area (Å²) in [6.07, 6.45) is 3.33. The van der Waals surface area contributed by atoms with E-state index in [2.05, 4.69) is 5.32 Å². The normalized spacial score (nSPS) is 15.9. The topological polar surface area (TPSA) is 64.3 Å². The molecule has 0 spiro atoms. The van der Waals surface area contributed by atoms with Crippen LogP contribution in [-0.4, -0.2) is 25.1 Å². The van der Waals surface area contributed by atoms with Crippen LogP contribution in [0.3, 0.4) is 0 Å². The van der Waals surface area contributed by atoms with Gasteiger partial charge in [-0.15, -0.1) is 0 Å². The van der Waals surface area contributed by atoms with Gasteiger partial charge in [-0.25, -0.2) is 0 Å².